The zero-order valence-corrected chi connectivity index (χ0v) is 16.8. The van der Waals surface area contributed by atoms with Crippen LogP contribution in [-0.4, -0.2) is 49.1 Å². The van der Waals surface area contributed by atoms with Crippen molar-refractivity contribution < 1.29 is 9.47 Å². The summed E-state index contributed by atoms with van der Waals surface area (Å²) in [5.74, 6) is 1.45. The Morgan fingerprint density at radius 1 is 1.29 bits per heavy atom. The Bertz CT molecular complexity index is 951. The fraction of sp³-hybridized carbons (Fsp3) is 0.450. The van der Waals surface area contributed by atoms with Gasteiger partial charge in [-0.05, 0) is 26.0 Å². The van der Waals surface area contributed by atoms with Crippen LogP contribution in [0.25, 0.3) is 0 Å². The highest BCUT2D eigenvalue weighted by atomic mass is 16.5. The Balaban J connectivity index is 1.55. The van der Waals surface area contributed by atoms with Crippen molar-refractivity contribution in [1.29, 1.82) is 0 Å². The summed E-state index contributed by atoms with van der Waals surface area (Å²) in [7, 11) is 3.83. The van der Waals surface area contributed by atoms with Gasteiger partial charge in [0, 0.05) is 51.7 Å². The second kappa shape index (κ2) is 7.37. The predicted octanol–water partition coefficient (Wildman–Crippen LogP) is 2.40. The first-order valence-corrected chi connectivity index (χ1v) is 9.40. The molecule has 4 rings (SSSR count). The molecule has 0 bridgehead atoms. The van der Waals surface area contributed by atoms with Crippen LogP contribution in [-0.2, 0) is 31.0 Å². The number of aromatic nitrogens is 5. The van der Waals surface area contributed by atoms with Crippen LogP contribution in [0, 0.1) is 6.92 Å². The molecule has 0 saturated carbocycles. The van der Waals surface area contributed by atoms with Crippen molar-refractivity contribution in [3.63, 3.8) is 0 Å². The molecule has 1 saturated heterocycles. The van der Waals surface area contributed by atoms with Gasteiger partial charge in [-0.2, -0.15) is 10.2 Å². The lowest BCUT2D eigenvalue weighted by Crippen LogP contribution is -2.47. The van der Waals surface area contributed by atoms with Crippen molar-refractivity contribution in [2.24, 2.45) is 14.1 Å². The van der Waals surface area contributed by atoms with Crippen molar-refractivity contribution >= 4 is 0 Å². The summed E-state index contributed by atoms with van der Waals surface area (Å²) in [5.41, 5.74) is 2.76. The molecule has 1 fully saturated rings. The first kappa shape index (κ1) is 18.6. The Labute approximate surface area is 164 Å². The molecule has 1 atom stereocenters. The molecule has 8 nitrogen and oxygen atoms in total. The molecule has 1 aliphatic heterocycles. The van der Waals surface area contributed by atoms with E-state index in [0.29, 0.717) is 12.4 Å². The summed E-state index contributed by atoms with van der Waals surface area (Å²) >= 11 is 0. The van der Waals surface area contributed by atoms with Crippen LogP contribution >= 0.6 is 0 Å². The molecule has 0 amide bonds. The van der Waals surface area contributed by atoms with Crippen molar-refractivity contribution in [3.8, 4) is 11.6 Å². The molecule has 0 radical (unpaired) electrons. The van der Waals surface area contributed by atoms with Gasteiger partial charge in [-0.1, -0.05) is 0 Å². The molecule has 0 N–H and O–H groups in total. The number of pyridine rings is 1. The molecule has 0 unspecified atom stereocenters. The number of nitrogens with zero attached hydrogens (tertiary/aromatic N) is 6. The maximum absolute atomic E-state index is 6.14. The molecule has 1 aliphatic rings. The van der Waals surface area contributed by atoms with Crippen LogP contribution < -0.4 is 4.74 Å². The van der Waals surface area contributed by atoms with E-state index in [1.54, 1.807) is 17.1 Å². The number of morpholine rings is 1. The van der Waals surface area contributed by atoms with Crippen molar-refractivity contribution in [2.45, 2.75) is 26.0 Å². The van der Waals surface area contributed by atoms with E-state index >= 15 is 0 Å². The van der Waals surface area contributed by atoms with Gasteiger partial charge in [-0.3, -0.25) is 14.6 Å². The second-order valence-electron chi connectivity index (χ2n) is 7.48. The van der Waals surface area contributed by atoms with E-state index in [1.807, 2.05) is 50.2 Å². The largest absolute Gasteiger partial charge is 0.437 e. The lowest BCUT2D eigenvalue weighted by atomic mass is 9.96. The fourth-order valence-electron chi connectivity index (χ4n) is 3.69. The van der Waals surface area contributed by atoms with E-state index in [-0.39, 0.29) is 5.60 Å². The summed E-state index contributed by atoms with van der Waals surface area (Å²) in [6, 6.07) is 3.76. The Kier molecular flexibility index (Phi) is 4.91. The lowest BCUT2D eigenvalue weighted by Gasteiger charge is -2.40. The summed E-state index contributed by atoms with van der Waals surface area (Å²) in [5, 5.41) is 8.87. The molecule has 0 aromatic carbocycles. The molecule has 8 heteroatoms. The van der Waals surface area contributed by atoms with Gasteiger partial charge in [0.15, 0.2) is 0 Å². The maximum atomic E-state index is 6.14. The first-order valence-electron chi connectivity index (χ1n) is 9.40. The minimum atomic E-state index is -0.382. The van der Waals surface area contributed by atoms with Crippen LogP contribution in [0.15, 0.2) is 36.9 Å². The van der Waals surface area contributed by atoms with E-state index in [4.69, 9.17) is 9.47 Å². The van der Waals surface area contributed by atoms with Crippen LogP contribution in [0.3, 0.4) is 0 Å². The molecule has 0 spiro atoms. The highest BCUT2D eigenvalue weighted by molar-refractivity contribution is 5.35. The monoisotopic (exact) mass is 382 g/mol. The quantitative estimate of drug-likeness (QED) is 0.675. The molecular formula is C20H26N6O2. The molecule has 3 aromatic heterocycles. The normalized spacial score (nSPS) is 20.4. The molecule has 4 heterocycles. The molecule has 28 heavy (non-hydrogen) atoms. The van der Waals surface area contributed by atoms with Crippen LogP contribution in [0.5, 0.6) is 11.6 Å². The van der Waals surface area contributed by atoms with E-state index in [0.717, 1.165) is 42.3 Å². The fourth-order valence-corrected chi connectivity index (χ4v) is 3.69. The first-order chi connectivity index (χ1) is 13.4. The van der Waals surface area contributed by atoms with Gasteiger partial charge in [-0.25, -0.2) is 4.68 Å². The van der Waals surface area contributed by atoms with Crippen molar-refractivity contribution in [3.05, 3.63) is 53.7 Å². The van der Waals surface area contributed by atoms with Gasteiger partial charge in [0.25, 0.3) is 0 Å². The van der Waals surface area contributed by atoms with E-state index in [1.165, 1.54) is 0 Å². The third kappa shape index (κ3) is 3.65. The van der Waals surface area contributed by atoms with Gasteiger partial charge in [0.05, 0.1) is 30.3 Å². The summed E-state index contributed by atoms with van der Waals surface area (Å²) in [6.07, 6.45) is 7.35. The van der Waals surface area contributed by atoms with Gasteiger partial charge in [0.2, 0.25) is 5.88 Å². The predicted molar refractivity (Wildman–Crippen MR) is 104 cm³/mol. The van der Waals surface area contributed by atoms with E-state index < -0.39 is 0 Å². The SMILES string of the molecule is Cc1nn(C)c(Oc2cccnc2)c1CN1CCO[C@@](C)(c2cnn(C)c2)C1. The molecule has 0 aliphatic carbocycles. The Morgan fingerprint density at radius 3 is 2.86 bits per heavy atom. The van der Waals surface area contributed by atoms with Crippen LogP contribution in [0.1, 0.15) is 23.7 Å². The van der Waals surface area contributed by atoms with Gasteiger partial charge in [0.1, 0.15) is 11.4 Å². The summed E-state index contributed by atoms with van der Waals surface area (Å²) < 4.78 is 15.9. The number of aryl methyl sites for hydroxylation is 3. The second-order valence-corrected chi connectivity index (χ2v) is 7.48. The minimum absolute atomic E-state index is 0.382. The third-order valence-corrected chi connectivity index (χ3v) is 5.19. The highest BCUT2D eigenvalue weighted by Gasteiger charge is 2.35. The molecule has 3 aromatic rings. The van der Waals surface area contributed by atoms with Gasteiger partial charge >= 0.3 is 0 Å². The van der Waals surface area contributed by atoms with Gasteiger partial charge in [-0.15, -0.1) is 0 Å². The maximum Gasteiger partial charge on any atom is 0.222 e. The Morgan fingerprint density at radius 2 is 2.14 bits per heavy atom. The van der Waals surface area contributed by atoms with Gasteiger partial charge < -0.3 is 9.47 Å². The van der Waals surface area contributed by atoms with Crippen molar-refractivity contribution in [2.75, 3.05) is 19.7 Å². The smallest absolute Gasteiger partial charge is 0.222 e. The summed E-state index contributed by atoms with van der Waals surface area (Å²) in [4.78, 5) is 6.51. The number of hydrogen-bond donors (Lipinski definition) is 0. The zero-order chi connectivity index (χ0) is 19.7. The minimum Gasteiger partial charge on any atom is -0.437 e. The lowest BCUT2D eigenvalue weighted by molar-refractivity contribution is -0.105. The van der Waals surface area contributed by atoms with E-state index in [2.05, 4.69) is 27.0 Å². The molecule has 148 valence electrons. The van der Waals surface area contributed by atoms with E-state index in [9.17, 15) is 0 Å². The number of rotatable bonds is 5. The average molecular weight is 382 g/mol. The van der Waals surface area contributed by atoms with Crippen LogP contribution in [0.2, 0.25) is 0 Å². The van der Waals surface area contributed by atoms with Crippen LogP contribution in [0.4, 0.5) is 0 Å². The number of ether oxygens (including phenoxy) is 2. The third-order valence-electron chi connectivity index (χ3n) is 5.19. The Hall–Kier alpha value is -2.71. The standard InChI is InChI=1S/C20H26N6O2/c1-15-18(19(25(4)23-15)28-17-6-5-7-21-11-17)13-26-8-9-27-20(2,14-26)16-10-22-24(3)12-16/h5-7,10-12H,8-9,13-14H2,1-4H3/t20-/m1/s1. The zero-order valence-electron chi connectivity index (χ0n) is 16.8. The molecular weight excluding hydrogens is 356 g/mol. The average Bonchev–Trinajstić information content (AvgIpc) is 3.22. The topological polar surface area (TPSA) is 70.2 Å². The van der Waals surface area contributed by atoms with Crippen molar-refractivity contribution in [1.82, 2.24) is 29.4 Å². The number of hydrogen-bond acceptors (Lipinski definition) is 6. The summed E-state index contributed by atoms with van der Waals surface area (Å²) in [6.45, 7) is 7.19. The highest BCUT2D eigenvalue weighted by Crippen LogP contribution is 2.32.